The number of rotatable bonds is 5. The molecule has 10 heteroatoms. The predicted octanol–water partition coefficient (Wildman–Crippen LogP) is -0.116. The van der Waals surface area contributed by atoms with Gasteiger partial charge in [0, 0.05) is 20.8 Å². The zero-order chi connectivity index (χ0) is 18.3. The standard InChI is InChI=1S/C14H21NO9/c1-5-20-14(19)15-13-12(24-9(4)18)11(23-8(3)17)10(6-21-13)22-7(2)16/h10-13H,5-6H2,1-4H3,(H,15,19)/t10-,11+,12-,13+/m0/s1. The van der Waals surface area contributed by atoms with Crippen LogP contribution in [0.4, 0.5) is 4.79 Å². The molecule has 0 aromatic carbocycles. The van der Waals surface area contributed by atoms with Gasteiger partial charge in [-0.05, 0) is 6.92 Å². The number of nitrogens with one attached hydrogen (secondary N) is 1. The van der Waals surface area contributed by atoms with Crippen LogP contribution in [0.15, 0.2) is 0 Å². The molecule has 0 spiro atoms. The van der Waals surface area contributed by atoms with Gasteiger partial charge in [-0.15, -0.1) is 0 Å². The van der Waals surface area contributed by atoms with Crippen LogP contribution < -0.4 is 5.32 Å². The molecule has 1 amide bonds. The molecule has 10 nitrogen and oxygen atoms in total. The van der Waals surface area contributed by atoms with Crippen LogP contribution in [0.5, 0.6) is 0 Å². The van der Waals surface area contributed by atoms with E-state index in [1.165, 1.54) is 6.92 Å². The quantitative estimate of drug-likeness (QED) is 0.535. The van der Waals surface area contributed by atoms with Crippen molar-refractivity contribution in [2.45, 2.75) is 52.2 Å². The van der Waals surface area contributed by atoms with Crippen molar-refractivity contribution in [3.05, 3.63) is 0 Å². The van der Waals surface area contributed by atoms with Crippen LogP contribution in [0.1, 0.15) is 27.7 Å². The molecule has 0 aromatic heterocycles. The molecule has 24 heavy (non-hydrogen) atoms. The SMILES string of the molecule is CCOC(=O)N[C@@H]1OC[C@H](OC(C)=O)[C@@H](OC(C)=O)[C@@H]1OC(C)=O. The first-order valence-corrected chi connectivity index (χ1v) is 7.31. The van der Waals surface area contributed by atoms with Crippen LogP contribution >= 0.6 is 0 Å². The first kappa shape index (κ1) is 19.7. The molecule has 136 valence electrons. The molecular formula is C14H21NO9. The van der Waals surface area contributed by atoms with Gasteiger partial charge in [0.05, 0.1) is 13.2 Å². The van der Waals surface area contributed by atoms with E-state index >= 15 is 0 Å². The number of hydrogen-bond acceptors (Lipinski definition) is 9. The summed E-state index contributed by atoms with van der Waals surface area (Å²) in [6.07, 6.45) is -5.28. The van der Waals surface area contributed by atoms with E-state index in [0.717, 1.165) is 13.8 Å². The van der Waals surface area contributed by atoms with Crippen LogP contribution in [-0.2, 0) is 38.1 Å². The molecule has 0 aromatic rings. The van der Waals surface area contributed by atoms with Crippen molar-refractivity contribution in [3.8, 4) is 0 Å². The Kier molecular flexibility index (Phi) is 7.43. The fourth-order valence-electron chi connectivity index (χ4n) is 2.15. The number of alkyl carbamates (subject to hydrolysis) is 1. The first-order valence-electron chi connectivity index (χ1n) is 7.31. The molecule has 1 aliphatic heterocycles. The second-order valence-corrected chi connectivity index (χ2v) is 4.91. The highest BCUT2D eigenvalue weighted by molar-refractivity contribution is 5.69. The molecule has 1 fully saturated rings. The zero-order valence-corrected chi connectivity index (χ0v) is 13.9. The Bertz CT molecular complexity index is 493. The molecule has 0 radical (unpaired) electrons. The third-order valence-corrected chi connectivity index (χ3v) is 2.89. The average molecular weight is 347 g/mol. The summed E-state index contributed by atoms with van der Waals surface area (Å²) < 4.78 is 25.4. The number of carbonyl (C=O) groups excluding carboxylic acids is 4. The third-order valence-electron chi connectivity index (χ3n) is 2.89. The highest BCUT2D eigenvalue weighted by Crippen LogP contribution is 2.23. The summed E-state index contributed by atoms with van der Waals surface area (Å²) in [6, 6.07) is 0. The van der Waals surface area contributed by atoms with Gasteiger partial charge in [-0.3, -0.25) is 19.7 Å². The van der Waals surface area contributed by atoms with Gasteiger partial charge in [0.15, 0.2) is 24.5 Å². The van der Waals surface area contributed by atoms with Gasteiger partial charge in [-0.25, -0.2) is 4.79 Å². The first-order chi connectivity index (χ1) is 11.2. The fraction of sp³-hybridized carbons (Fsp3) is 0.714. The molecule has 4 atom stereocenters. The Morgan fingerprint density at radius 2 is 1.50 bits per heavy atom. The van der Waals surface area contributed by atoms with E-state index in [2.05, 4.69) is 5.32 Å². The minimum Gasteiger partial charge on any atom is -0.456 e. The van der Waals surface area contributed by atoms with E-state index in [-0.39, 0.29) is 13.2 Å². The Balaban J connectivity index is 3.01. The number of esters is 3. The second-order valence-electron chi connectivity index (χ2n) is 4.91. The summed E-state index contributed by atoms with van der Waals surface area (Å²) in [5.74, 6) is -2.00. The van der Waals surface area contributed by atoms with Gasteiger partial charge < -0.3 is 23.7 Å². The predicted molar refractivity (Wildman–Crippen MR) is 76.6 cm³/mol. The molecule has 1 N–H and O–H groups in total. The van der Waals surface area contributed by atoms with Crippen LogP contribution in [0, 0.1) is 0 Å². The summed E-state index contributed by atoms with van der Waals surface area (Å²) in [5.41, 5.74) is 0. The van der Waals surface area contributed by atoms with E-state index < -0.39 is 48.5 Å². The van der Waals surface area contributed by atoms with Crippen molar-refractivity contribution in [3.63, 3.8) is 0 Å². The lowest BCUT2D eigenvalue weighted by atomic mass is 10.0. The Morgan fingerprint density at radius 1 is 0.958 bits per heavy atom. The summed E-state index contributed by atoms with van der Waals surface area (Å²) in [5, 5.41) is 2.36. The van der Waals surface area contributed by atoms with Crippen molar-refractivity contribution >= 4 is 24.0 Å². The maximum Gasteiger partial charge on any atom is 0.409 e. The van der Waals surface area contributed by atoms with E-state index in [0.29, 0.717) is 0 Å². The number of carbonyl (C=O) groups is 4. The van der Waals surface area contributed by atoms with Gasteiger partial charge in [-0.1, -0.05) is 0 Å². The van der Waals surface area contributed by atoms with Crippen LogP contribution in [0.3, 0.4) is 0 Å². The monoisotopic (exact) mass is 347 g/mol. The maximum absolute atomic E-state index is 11.6. The molecule has 0 unspecified atom stereocenters. The normalized spacial score (nSPS) is 26.0. The molecule has 1 rings (SSSR count). The third kappa shape index (κ3) is 6.03. The number of hydrogen-bond donors (Lipinski definition) is 1. The lowest BCUT2D eigenvalue weighted by Crippen LogP contribution is -2.62. The van der Waals surface area contributed by atoms with Crippen LogP contribution in [0.25, 0.3) is 0 Å². The molecule has 0 saturated carbocycles. The van der Waals surface area contributed by atoms with Crippen molar-refractivity contribution in [2.75, 3.05) is 13.2 Å². The lowest BCUT2D eigenvalue weighted by Gasteiger charge is -2.40. The molecule has 0 aliphatic carbocycles. The lowest BCUT2D eigenvalue weighted by molar-refractivity contribution is -0.228. The van der Waals surface area contributed by atoms with Crippen molar-refractivity contribution in [2.24, 2.45) is 0 Å². The Labute approximate surface area is 138 Å². The Hall–Kier alpha value is -2.36. The molecule has 1 saturated heterocycles. The summed E-state index contributed by atoms with van der Waals surface area (Å²) >= 11 is 0. The highest BCUT2D eigenvalue weighted by Gasteiger charge is 2.47. The fourth-order valence-corrected chi connectivity index (χ4v) is 2.15. The van der Waals surface area contributed by atoms with Gasteiger partial charge in [0.1, 0.15) is 0 Å². The van der Waals surface area contributed by atoms with E-state index in [1.807, 2.05) is 0 Å². The maximum atomic E-state index is 11.6. The van der Waals surface area contributed by atoms with Crippen molar-refractivity contribution in [1.82, 2.24) is 5.32 Å². The summed E-state index contributed by atoms with van der Waals surface area (Å²) in [7, 11) is 0. The van der Waals surface area contributed by atoms with E-state index in [4.69, 9.17) is 23.7 Å². The Morgan fingerprint density at radius 3 is 2.00 bits per heavy atom. The molecule has 1 aliphatic rings. The molecular weight excluding hydrogens is 326 g/mol. The van der Waals surface area contributed by atoms with E-state index in [1.54, 1.807) is 6.92 Å². The van der Waals surface area contributed by atoms with Crippen molar-refractivity contribution in [1.29, 1.82) is 0 Å². The van der Waals surface area contributed by atoms with Gasteiger partial charge >= 0.3 is 24.0 Å². The highest BCUT2D eigenvalue weighted by atomic mass is 16.6. The van der Waals surface area contributed by atoms with Crippen molar-refractivity contribution < 1.29 is 42.9 Å². The zero-order valence-electron chi connectivity index (χ0n) is 13.9. The minimum atomic E-state index is -1.21. The smallest absolute Gasteiger partial charge is 0.409 e. The van der Waals surface area contributed by atoms with E-state index in [9.17, 15) is 19.2 Å². The van der Waals surface area contributed by atoms with Gasteiger partial charge in [-0.2, -0.15) is 0 Å². The molecule has 1 heterocycles. The van der Waals surface area contributed by atoms with Gasteiger partial charge in [0.2, 0.25) is 0 Å². The number of ether oxygens (including phenoxy) is 5. The van der Waals surface area contributed by atoms with Gasteiger partial charge in [0.25, 0.3) is 0 Å². The summed E-state index contributed by atoms with van der Waals surface area (Å²) in [4.78, 5) is 45.5. The molecule has 0 bridgehead atoms. The summed E-state index contributed by atoms with van der Waals surface area (Å²) in [6.45, 7) is 5.03. The minimum absolute atomic E-state index is 0.125. The average Bonchev–Trinajstić information content (AvgIpc) is 2.44. The largest absolute Gasteiger partial charge is 0.456 e. The second kappa shape index (κ2) is 9.06. The van der Waals surface area contributed by atoms with Crippen LogP contribution in [-0.4, -0.2) is 61.8 Å². The topological polar surface area (TPSA) is 126 Å². The number of amides is 1. The van der Waals surface area contributed by atoms with Crippen LogP contribution in [0.2, 0.25) is 0 Å².